The minimum Gasteiger partial charge on any atom is -0.496 e. The van der Waals surface area contributed by atoms with Gasteiger partial charge in [-0.25, -0.2) is 9.07 Å². The first-order valence-electron chi connectivity index (χ1n) is 7.00. The van der Waals surface area contributed by atoms with Gasteiger partial charge < -0.3 is 10.6 Å². The lowest BCUT2D eigenvalue weighted by atomic mass is 10.2. The summed E-state index contributed by atoms with van der Waals surface area (Å²) in [5.74, 6) is 7.38. The Bertz CT molecular complexity index is 871. The van der Waals surface area contributed by atoms with Crippen LogP contribution in [-0.2, 0) is 5.75 Å². The summed E-state index contributed by atoms with van der Waals surface area (Å²) < 4.78 is 21.4. The number of para-hydroxylation sites is 1. The van der Waals surface area contributed by atoms with Crippen LogP contribution in [0.1, 0.15) is 5.56 Å². The van der Waals surface area contributed by atoms with Crippen molar-refractivity contribution >= 4 is 27.7 Å². The number of ether oxygens (including phenoxy) is 1. The zero-order valence-corrected chi connectivity index (χ0v) is 15.1. The molecule has 124 valence electrons. The number of rotatable bonds is 5. The predicted molar refractivity (Wildman–Crippen MR) is 95.8 cm³/mol. The van der Waals surface area contributed by atoms with E-state index in [1.54, 1.807) is 19.2 Å². The fraction of sp³-hybridized carbons (Fsp3) is 0.125. The van der Waals surface area contributed by atoms with Crippen LogP contribution in [0.5, 0.6) is 5.75 Å². The Morgan fingerprint density at radius 3 is 2.83 bits per heavy atom. The lowest BCUT2D eigenvalue weighted by molar-refractivity contribution is 0.416. The number of methoxy groups -OCH3 is 1. The van der Waals surface area contributed by atoms with E-state index in [1.807, 2.05) is 24.3 Å². The Morgan fingerprint density at radius 2 is 2.04 bits per heavy atom. The SMILES string of the molecule is COc1ccccc1-c1nnc(SCc2cc(Br)ccc2F)n1N. The normalized spacial score (nSPS) is 10.8. The maximum absolute atomic E-state index is 13.8. The molecule has 1 heterocycles. The first-order chi connectivity index (χ1) is 11.6. The largest absolute Gasteiger partial charge is 0.496 e. The number of nitrogens with zero attached hydrogens (tertiary/aromatic N) is 3. The third kappa shape index (κ3) is 3.39. The lowest BCUT2D eigenvalue weighted by Gasteiger charge is -2.08. The number of thioether (sulfide) groups is 1. The van der Waals surface area contributed by atoms with Crippen LogP contribution in [0.15, 0.2) is 52.1 Å². The highest BCUT2D eigenvalue weighted by molar-refractivity contribution is 9.10. The summed E-state index contributed by atoms with van der Waals surface area (Å²) in [6.45, 7) is 0. The summed E-state index contributed by atoms with van der Waals surface area (Å²) in [5.41, 5.74) is 1.31. The van der Waals surface area contributed by atoms with E-state index in [1.165, 1.54) is 22.5 Å². The Balaban J connectivity index is 1.84. The summed E-state index contributed by atoms with van der Waals surface area (Å²) in [5, 5.41) is 8.72. The number of halogens is 2. The van der Waals surface area contributed by atoms with Gasteiger partial charge in [0.15, 0.2) is 5.82 Å². The minimum atomic E-state index is -0.265. The topological polar surface area (TPSA) is 66.0 Å². The fourth-order valence-corrected chi connectivity index (χ4v) is 3.42. The molecule has 5 nitrogen and oxygen atoms in total. The van der Waals surface area contributed by atoms with Crippen molar-refractivity contribution in [2.75, 3.05) is 13.0 Å². The molecule has 0 saturated heterocycles. The first-order valence-corrected chi connectivity index (χ1v) is 8.78. The molecule has 0 aliphatic carbocycles. The van der Waals surface area contributed by atoms with Crippen molar-refractivity contribution in [1.29, 1.82) is 0 Å². The highest BCUT2D eigenvalue weighted by atomic mass is 79.9. The molecule has 3 aromatic rings. The van der Waals surface area contributed by atoms with Crippen molar-refractivity contribution in [1.82, 2.24) is 14.9 Å². The number of nitrogens with two attached hydrogens (primary N) is 1. The van der Waals surface area contributed by atoms with E-state index in [0.29, 0.717) is 28.0 Å². The van der Waals surface area contributed by atoms with E-state index in [-0.39, 0.29) is 5.82 Å². The predicted octanol–water partition coefficient (Wildman–Crippen LogP) is 3.86. The molecule has 2 N–H and O–H groups in total. The number of aromatic nitrogens is 3. The summed E-state index contributed by atoms with van der Waals surface area (Å²) in [4.78, 5) is 0. The number of nitrogen functional groups attached to an aromatic ring is 1. The van der Waals surface area contributed by atoms with Gasteiger partial charge in [0, 0.05) is 10.2 Å². The molecule has 1 aromatic heterocycles. The highest BCUT2D eigenvalue weighted by Crippen LogP contribution is 2.30. The van der Waals surface area contributed by atoms with Gasteiger partial charge in [-0.1, -0.05) is 39.8 Å². The van der Waals surface area contributed by atoms with Gasteiger partial charge in [-0.15, -0.1) is 10.2 Å². The fourth-order valence-electron chi connectivity index (χ4n) is 2.18. The van der Waals surface area contributed by atoms with E-state index < -0.39 is 0 Å². The van der Waals surface area contributed by atoms with Gasteiger partial charge in [-0.2, -0.15) is 0 Å². The van der Waals surface area contributed by atoms with Crippen LogP contribution >= 0.6 is 27.7 Å². The molecular formula is C16H14BrFN4OS. The molecule has 24 heavy (non-hydrogen) atoms. The Morgan fingerprint density at radius 1 is 1.25 bits per heavy atom. The molecule has 0 aliphatic heterocycles. The van der Waals surface area contributed by atoms with Crippen LogP contribution in [0.3, 0.4) is 0 Å². The Hall–Kier alpha value is -2.06. The molecule has 3 rings (SSSR count). The third-order valence-electron chi connectivity index (χ3n) is 3.38. The zero-order chi connectivity index (χ0) is 17.1. The summed E-state index contributed by atoms with van der Waals surface area (Å²) in [7, 11) is 1.59. The summed E-state index contributed by atoms with van der Waals surface area (Å²) >= 11 is 4.65. The molecule has 0 spiro atoms. The average molecular weight is 409 g/mol. The van der Waals surface area contributed by atoms with Crippen LogP contribution in [0.2, 0.25) is 0 Å². The molecule has 0 fully saturated rings. The van der Waals surface area contributed by atoms with Crippen molar-refractivity contribution in [3.05, 3.63) is 58.3 Å². The Labute approximate surface area is 151 Å². The van der Waals surface area contributed by atoms with Crippen molar-refractivity contribution in [2.24, 2.45) is 0 Å². The monoisotopic (exact) mass is 408 g/mol. The molecule has 0 radical (unpaired) electrons. The molecule has 2 aromatic carbocycles. The van der Waals surface area contributed by atoms with Crippen LogP contribution < -0.4 is 10.6 Å². The highest BCUT2D eigenvalue weighted by Gasteiger charge is 2.16. The molecule has 0 unspecified atom stereocenters. The molecule has 0 aliphatic rings. The van der Waals surface area contributed by atoms with Gasteiger partial charge >= 0.3 is 0 Å². The average Bonchev–Trinajstić information content (AvgIpc) is 2.96. The quantitative estimate of drug-likeness (QED) is 0.512. The standard InChI is InChI=1S/C16H14BrFN4OS/c1-23-14-5-3-2-4-12(14)15-20-21-16(22(15)19)24-9-10-8-11(17)6-7-13(10)18/h2-8H,9,19H2,1H3. The maximum Gasteiger partial charge on any atom is 0.210 e. The third-order valence-corrected chi connectivity index (χ3v) is 4.86. The van der Waals surface area contributed by atoms with Crippen molar-refractivity contribution < 1.29 is 9.13 Å². The van der Waals surface area contributed by atoms with Crippen LogP contribution in [-0.4, -0.2) is 22.0 Å². The molecular weight excluding hydrogens is 395 g/mol. The molecule has 0 atom stereocenters. The maximum atomic E-state index is 13.8. The Kier molecular flexibility index (Phi) is 5.06. The second-order valence-electron chi connectivity index (χ2n) is 4.90. The van der Waals surface area contributed by atoms with E-state index >= 15 is 0 Å². The van der Waals surface area contributed by atoms with E-state index in [2.05, 4.69) is 26.1 Å². The van der Waals surface area contributed by atoms with Gasteiger partial charge in [-0.05, 0) is 35.9 Å². The number of benzene rings is 2. The molecule has 0 amide bonds. The van der Waals surface area contributed by atoms with Gasteiger partial charge in [0.05, 0.1) is 12.7 Å². The summed E-state index contributed by atoms with van der Waals surface area (Å²) in [6, 6.07) is 12.2. The van der Waals surface area contributed by atoms with Crippen LogP contribution in [0, 0.1) is 5.82 Å². The smallest absolute Gasteiger partial charge is 0.210 e. The van der Waals surface area contributed by atoms with Gasteiger partial charge in [-0.3, -0.25) is 0 Å². The van der Waals surface area contributed by atoms with Gasteiger partial charge in [0.1, 0.15) is 11.6 Å². The molecule has 8 heteroatoms. The minimum absolute atomic E-state index is 0.265. The van der Waals surface area contributed by atoms with Crippen molar-refractivity contribution in [2.45, 2.75) is 10.9 Å². The summed E-state index contributed by atoms with van der Waals surface area (Å²) in [6.07, 6.45) is 0. The van der Waals surface area contributed by atoms with Gasteiger partial charge in [0.25, 0.3) is 0 Å². The second kappa shape index (κ2) is 7.23. The molecule has 0 saturated carbocycles. The first kappa shape index (κ1) is 16.8. The lowest BCUT2D eigenvalue weighted by Crippen LogP contribution is -2.12. The number of hydrogen-bond acceptors (Lipinski definition) is 5. The van der Waals surface area contributed by atoms with Crippen molar-refractivity contribution in [3.8, 4) is 17.1 Å². The zero-order valence-electron chi connectivity index (χ0n) is 12.7. The second-order valence-corrected chi connectivity index (χ2v) is 6.76. The van der Waals surface area contributed by atoms with Crippen LogP contribution in [0.25, 0.3) is 11.4 Å². The van der Waals surface area contributed by atoms with E-state index in [0.717, 1.165) is 10.0 Å². The van der Waals surface area contributed by atoms with Crippen LogP contribution in [0.4, 0.5) is 4.39 Å². The van der Waals surface area contributed by atoms with E-state index in [4.69, 9.17) is 10.6 Å². The molecule has 0 bridgehead atoms. The van der Waals surface area contributed by atoms with Crippen molar-refractivity contribution in [3.63, 3.8) is 0 Å². The van der Waals surface area contributed by atoms with Gasteiger partial charge in [0.2, 0.25) is 5.16 Å². The number of hydrogen-bond donors (Lipinski definition) is 1. The van der Waals surface area contributed by atoms with E-state index in [9.17, 15) is 4.39 Å².